The van der Waals surface area contributed by atoms with Gasteiger partial charge in [0.2, 0.25) is 5.91 Å². The molecule has 1 amide bonds. The summed E-state index contributed by atoms with van der Waals surface area (Å²) in [6.45, 7) is 3.02. The quantitative estimate of drug-likeness (QED) is 0.832. The summed E-state index contributed by atoms with van der Waals surface area (Å²) in [7, 11) is 0. The van der Waals surface area contributed by atoms with Gasteiger partial charge in [-0.2, -0.15) is 0 Å². The Morgan fingerprint density at radius 1 is 1.47 bits per heavy atom. The third kappa shape index (κ3) is 3.08. The maximum atomic E-state index is 12.0. The number of hydrogen-bond donors (Lipinski definition) is 1. The summed E-state index contributed by atoms with van der Waals surface area (Å²) >= 11 is 0. The maximum Gasteiger partial charge on any atom is 0.223 e. The van der Waals surface area contributed by atoms with Crippen molar-refractivity contribution < 1.29 is 13.9 Å². The highest BCUT2D eigenvalue weighted by atomic mass is 16.5. The second-order valence-corrected chi connectivity index (χ2v) is 4.15. The fraction of sp³-hybridized carbons (Fsp3) is 0.583. The van der Waals surface area contributed by atoms with E-state index in [1.54, 1.807) is 6.26 Å². The highest BCUT2D eigenvalue weighted by molar-refractivity contribution is 5.77. The van der Waals surface area contributed by atoms with Gasteiger partial charge in [0.15, 0.2) is 0 Å². The van der Waals surface area contributed by atoms with Crippen LogP contribution >= 0.6 is 0 Å². The lowest BCUT2D eigenvalue weighted by molar-refractivity contribution is -0.135. The number of nitrogens with two attached hydrogens (primary N) is 1. The smallest absolute Gasteiger partial charge is 0.223 e. The zero-order chi connectivity index (χ0) is 12.1. The number of morpholine rings is 1. The molecule has 0 spiro atoms. The van der Waals surface area contributed by atoms with Crippen LogP contribution in [0, 0.1) is 0 Å². The molecule has 0 unspecified atom stereocenters. The van der Waals surface area contributed by atoms with Crippen LogP contribution in [0.4, 0.5) is 0 Å². The number of nitrogens with zero attached hydrogens (tertiary/aromatic N) is 1. The highest BCUT2D eigenvalue weighted by Gasteiger charge is 2.22. The summed E-state index contributed by atoms with van der Waals surface area (Å²) in [6, 6.07) is 3.68. The van der Waals surface area contributed by atoms with Crippen LogP contribution in [-0.2, 0) is 9.53 Å². The van der Waals surface area contributed by atoms with E-state index in [4.69, 9.17) is 14.9 Å². The predicted octanol–water partition coefficient (Wildman–Crippen LogP) is 0.571. The molecule has 17 heavy (non-hydrogen) atoms. The Kier molecular flexibility index (Phi) is 4.17. The minimum absolute atomic E-state index is 0.0275. The number of furan rings is 1. The summed E-state index contributed by atoms with van der Waals surface area (Å²) in [5.41, 5.74) is 5.69. The van der Waals surface area contributed by atoms with Crippen molar-refractivity contribution >= 4 is 5.91 Å². The van der Waals surface area contributed by atoms with Gasteiger partial charge >= 0.3 is 0 Å². The third-order valence-corrected chi connectivity index (χ3v) is 3.01. The lowest BCUT2D eigenvalue weighted by atomic mass is 10.0. The highest BCUT2D eigenvalue weighted by Crippen LogP contribution is 2.20. The van der Waals surface area contributed by atoms with Crippen molar-refractivity contribution in [2.75, 3.05) is 32.8 Å². The molecule has 0 aliphatic carbocycles. The van der Waals surface area contributed by atoms with Crippen molar-refractivity contribution in [1.82, 2.24) is 4.90 Å². The number of hydrogen-bond acceptors (Lipinski definition) is 4. The number of rotatable bonds is 4. The molecule has 0 aromatic carbocycles. The molecule has 0 saturated carbocycles. The lowest BCUT2D eigenvalue weighted by Gasteiger charge is -2.28. The third-order valence-electron chi connectivity index (χ3n) is 3.01. The molecule has 1 aromatic rings. The van der Waals surface area contributed by atoms with Gasteiger partial charge in [-0.05, 0) is 12.1 Å². The molecule has 0 radical (unpaired) electrons. The van der Waals surface area contributed by atoms with Gasteiger partial charge in [0.1, 0.15) is 5.76 Å². The van der Waals surface area contributed by atoms with Crippen LogP contribution in [0.1, 0.15) is 18.1 Å². The van der Waals surface area contributed by atoms with Gasteiger partial charge in [0.05, 0.1) is 19.5 Å². The second kappa shape index (κ2) is 5.84. The number of amides is 1. The van der Waals surface area contributed by atoms with Crippen molar-refractivity contribution in [2.45, 2.75) is 12.3 Å². The fourth-order valence-corrected chi connectivity index (χ4v) is 1.98. The molecule has 0 bridgehead atoms. The molecule has 5 nitrogen and oxygen atoms in total. The van der Waals surface area contributed by atoms with Crippen LogP contribution in [0.5, 0.6) is 0 Å². The molecule has 1 fully saturated rings. The summed E-state index contributed by atoms with van der Waals surface area (Å²) in [5, 5.41) is 0. The molecular weight excluding hydrogens is 220 g/mol. The van der Waals surface area contributed by atoms with Gasteiger partial charge in [-0.15, -0.1) is 0 Å². The summed E-state index contributed by atoms with van der Waals surface area (Å²) in [5.74, 6) is 0.884. The summed E-state index contributed by atoms with van der Waals surface area (Å²) < 4.78 is 10.5. The Morgan fingerprint density at radius 3 is 2.82 bits per heavy atom. The molecule has 1 saturated heterocycles. The van der Waals surface area contributed by atoms with Crippen LogP contribution in [0.25, 0.3) is 0 Å². The first-order valence-corrected chi connectivity index (χ1v) is 5.90. The molecule has 2 N–H and O–H groups in total. The van der Waals surface area contributed by atoms with Crippen molar-refractivity contribution in [2.24, 2.45) is 5.73 Å². The van der Waals surface area contributed by atoms with Crippen molar-refractivity contribution in [3.05, 3.63) is 24.2 Å². The molecule has 2 heterocycles. The minimum atomic E-state index is -0.0275. The standard InChI is InChI=1S/C12H18N2O3/c13-9-10(11-2-1-5-17-11)8-12(15)14-3-6-16-7-4-14/h1-2,5,10H,3-4,6-9,13H2/t10-/m0/s1. The van der Waals surface area contributed by atoms with Gasteiger partial charge < -0.3 is 19.8 Å². The topological polar surface area (TPSA) is 68.7 Å². The predicted molar refractivity (Wildman–Crippen MR) is 62.5 cm³/mol. The SMILES string of the molecule is NC[C@H](CC(=O)N1CCOCC1)c1ccco1. The molecule has 2 rings (SSSR count). The Morgan fingerprint density at radius 2 is 2.24 bits per heavy atom. The van der Waals surface area contributed by atoms with E-state index in [0.717, 1.165) is 5.76 Å². The van der Waals surface area contributed by atoms with E-state index in [-0.39, 0.29) is 11.8 Å². The second-order valence-electron chi connectivity index (χ2n) is 4.15. The molecule has 1 aliphatic rings. The number of carbonyl (C=O) groups excluding carboxylic acids is 1. The van der Waals surface area contributed by atoms with Gasteiger partial charge in [-0.1, -0.05) is 0 Å². The van der Waals surface area contributed by atoms with Crippen LogP contribution in [0.3, 0.4) is 0 Å². The van der Waals surface area contributed by atoms with Crippen LogP contribution in [0.15, 0.2) is 22.8 Å². The molecule has 1 aromatic heterocycles. The Bertz CT molecular complexity index is 345. The van der Waals surface area contributed by atoms with Gasteiger partial charge in [0.25, 0.3) is 0 Å². The van der Waals surface area contributed by atoms with Crippen LogP contribution in [0.2, 0.25) is 0 Å². The first-order valence-electron chi connectivity index (χ1n) is 5.90. The molecular formula is C12H18N2O3. The Labute approximate surface area is 101 Å². The van der Waals surface area contributed by atoms with E-state index >= 15 is 0 Å². The molecule has 1 atom stereocenters. The lowest BCUT2D eigenvalue weighted by Crippen LogP contribution is -2.41. The zero-order valence-electron chi connectivity index (χ0n) is 9.80. The average molecular weight is 238 g/mol. The van der Waals surface area contributed by atoms with E-state index in [1.165, 1.54) is 0 Å². The Hall–Kier alpha value is -1.33. The van der Waals surface area contributed by atoms with Crippen LogP contribution < -0.4 is 5.73 Å². The molecule has 1 aliphatic heterocycles. The normalized spacial score (nSPS) is 18.1. The average Bonchev–Trinajstić information content (AvgIpc) is 2.90. The van der Waals surface area contributed by atoms with E-state index in [9.17, 15) is 4.79 Å². The summed E-state index contributed by atoms with van der Waals surface area (Å²) in [6.07, 6.45) is 2.02. The van der Waals surface area contributed by atoms with Gasteiger partial charge in [-0.3, -0.25) is 4.79 Å². The number of ether oxygens (including phenoxy) is 1. The van der Waals surface area contributed by atoms with E-state index in [1.807, 2.05) is 17.0 Å². The summed E-state index contributed by atoms with van der Waals surface area (Å²) in [4.78, 5) is 13.9. The largest absolute Gasteiger partial charge is 0.469 e. The molecule has 94 valence electrons. The Balaban J connectivity index is 1.92. The van der Waals surface area contributed by atoms with Gasteiger partial charge in [0, 0.05) is 32.0 Å². The fourth-order valence-electron chi connectivity index (χ4n) is 1.98. The van der Waals surface area contributed by atoms with Crippen molar-refractivity contribution in [3.8, 4) is 0 Å². The van der Waals surface area contributed by atoms with Crippen molar-refractivity contribution in [3.63, 3.8) is 0 Å². The van der Waals surface area contributed by atoms with Crippen molar-refractivity contribution in [1.29, 1.82) is 0 Å². The van der Waals surface area contributed by atoms with Crippen LogP contribution in [-0.4, -0.2) is 43.7 Å². The van der Waals surface area contributed by atoms with Gasteiger partial charge in [-0.25, -0.2) is 0 Å². The first kappa shape index (κ1) is 12.1. The monoisotopic (exact) mass is 238 g/mol. The van der Waals surface area contributed by atoms with E-state index < -0.39 is 0 Å². The number of carbonyl (C=O) groups is 1. The van der Waals surface area contributed by atoms with E-state index in [2.05, 4.69) is 0 Å². The zero-order valence-corrected chi connectivity index (χ0v) is 9.80. The minimum Gasteiger partial charge on any atom is -0.469 e. The van der Waals surface area contributed by atoms with E-state index in [0.29, 0.717) is 39.3 Å². The maximum absolute atomic E-state index is 12.0. The molecule has 5 heteroatoms. The first-order chi connectivity index (χ1) is 8.31.